The molecule has 1 heterocycles. The molecule has 5 nitrogen and oxygen atoms in total. The molecule has 0 radical (unpaired) electrons. The Labute approximate surface area is 96.6 Å². The van der Waals surface area contributed by atoms with Crippen molar-refractivity contribution >= 4 is 11.6 Å². The number of H-pyrrole nitrogens is 1. The molecular formula is C11H10FN3O2. The van der Waals surface area contributed by atoms with Gasteiger partial charge in [-0.1, -0.05) is 0 Å². The monoisotopic (exact) mass is 235 g/mol. The van der Waals surface area contributed by atoms with E-state index in [-0.39, 0.29) is 11.7 Å². The average molecular weight is 235 g/mol. The summed E-state index contributed by atoms with van der Waals surface area (Å²) in [7, 11) is 1.36. The molecule has 0 unspecified atom stereocenters. The van der Waals surface area contributed by atoms with E-state index in [0.717, 1.165) is 0 Å². The molecule has 2 aromatic rings. The summed E-state index contributed by atoms with van der Waals surface area (Å²) in [6, 6.07) is 4.09. The van der Waals surface area contributed by atoms with Crippen LogP contribution in [0.2, 0.25) is 0 Å². The standard InChI is InChI=1S/C11H10FN3O2/c1-17-10-4-8(2-3-9(10)12)15-11(16)7-5-13-14-6-7/h2-6H,1H3,(H,13,14)(H,15,16). The molecule has 0 saturated carbocycles. The van der Waals surface area contributed by atoms with Crippen molar-refractivity contribution < 1.29 is 13.9 Å². The van der Waals surface area contributed by atoms with Gasteiger partial charge in [-0.2, -0.15) is 5.10 Å². The van der Waals surface area contributed by atoms with Crippen LogP contribution < -0.4 is 10.1 Å². The van der Waals surface area contributed by atoms with Crippen molar-refractivity contribution in [2.24, 2.45) is 0 Å². The molecule has 1 amide bonds. The minimum Gasteiger partial charge on any atom is -0.494 e. The molecule has 0 spiro atoms. The van der Waals surface area contributed by atoms with Crippen LogP contribution >= 0.6 is 0 Å². The number of nitrogens with zero attached hydrogens (tertiary/aromatic N) is 1. The second kappa shape index (κ2) is 4.65. The quantitative estimate of drug-likeness (QED) is 0.852. The average Bonchev–Trinajstić information content (AvgIpc) is 2.85. The topological polar surface area (TPSA) is 67.0 Å². The SMILES string of the molecule is COc1cc(NC(=O)c2cn[nH]c2)ccc1F. The maximum absolute atomic E-state index is 13.1. The highest BCUT2D eigenvalue weighted by Crippen LogP contribution is 2.21. The molecule has 6 heteroatoms. The number of anilines is 1. The highest BCUT2D eigenvalue weighted by molar-refractivity contribution is 6.03. The van der Waals surface area contributed by atoms with Crippen LogP contribution in [-0.2, 0) is 0 Å². The van der Waals surface area contributed by atoms with Gasteiger partial charge in [-0.05, 0) is 12.1 Å². The van der Waals surface area contributed by atoms with Gasteiger partial charge in [0.05, 0.1) is 18.9 Å². The van der Waals surface area contributed by atoms with E-state index in [4.69, 9.17) is 4.74 Å². The van der Waals surface area contributed by atoms with Crippen LogP contribution in [0.1, 0.15) is 10.4 Å². The van der Waals surface area contributed by atoms with E-state index in [0.29, 0.717) is 11.3 Å². The lowest BCUT2D eigenvalue weighted by Crippen LogP contribution is -2.11. The summed E-state index contributed by atoms with van der Waals surface area (Å²) in [4.78, 5) is 11.7. The van der Waals surface area contributed by atoms with Crippen molar-refractivity contribution in [2.75, 3.05) is 12.4 Å². The summed E-state index contributed by atoms with van der Waals surface area (Å²) in [6.07, 6.45) is 2.87. The van der Waals surface area contributed by atoms with Crippen molar-refractivity contribution in [1.29, 1.82) is 0 Å². The molecular weight excluding hydrogens is 225 g/mol. The Morgan fingerprint density at radius 3 is 3.00 bits per heavy atom. The lowest BCUT2D eigenvalue weighted by Gasteiger charge is -2.06. The van der Waals surface area contributed by atoms with Gasteiger partial charge in [0.2, 0.25) is 0 Å². The molecule has 1 aromatic heterocycles. The van der Waals surface area contributed by atoms with Gasteiger partial charge in [0, 0.05) is 18.0 Å². The number of rotatable bonds is 3. The fourth-order valence-corrected chi connectivity index (χ4v) is 1.32. The molecule has 0 saturated heterocycles. The lowest BCUT2D eigenvalue weighted by atomic mass is 10.2. The van der Waals surface area contributed by atoms with Crippen LogP contribution in [0.4, 0.5) is 10.1 Å². The summed E-state index contributed by atoms with van der Waals surface area (Å²) in [5, 5.41) is 8.80. The number of carbonyl (C=O) groups excluding carboxylic acids is 1. The zero-order valence-electron chi connectivity index (χ0n) is 9.03. The van der Waals surface area contributed by atoms with Crippen LogP contribution in [0.5, 0.6) is 5.75 Å². The Morgan fingerprint density at radius 2 is 2.35 bits per heavy atom. The van der Waals surface area contributed by atoms with E-state index in [2.05, 4.69) is 15.5 Å². The van der Waals surface area contributed by atoms with Crippen LogP contribution in [0.3, 0.4) is 0 Å². The zero-order chi connectivity index (χ0) is 12.3. The van der Waals surface area contributed by atoms with Crippen molar-refractivity contribution in [1.82, 2.24) is 10.2 Å². The number of ether oxygens (including phenoxy) is 1. The minimum absolute atomic E-state index is 0.0787. The number of hydrogen-bond donors (Lipinski definition) is 2. The number of amides is 1. The maximum Gasteiger partial charge on any atom is 0.258 e. The highest BCUT2D eigenvalue weighted by atomic mass is 19.1. The fourth-order valence-electron chi connectivity index (χ4n) is 1.32. The second-order valence-corrected chi connectivity index (χ2v) is 3.29. The summed E-state index contributed by atoms with van der Waals surface area (Å²) in [6.45, 7) is 0. The predicted molar refractivity (Wildman–Crippen MR) is 59.5 cm³/mol. The van der Waals surface area contributed by atoms with Gasteiger partial charge in [-0.25, -0.2) is 4.39 Å². The first-order valence-corrected chi connectivity index (χ1v) is 4.84. The lowest BCUT2D eigenvalue weighted by molar-refractivity contribution is 0.102. The van der Waals surface area contributed by atoms with Gasteiger partial charge in [-0.3, -0.25) is 9.89 Å². The van der Waals surface area contributed by atoms with Crippen molar-refractivity contribution in [3.8, 4) is 5.75 Å². The van der Waals surface area contributed by atoms with Gasteiger partial charge in [0.25, 0.3) is 5.91 Å². The maximum atomic E-state index is 13.1. The summed E-state index contributed by atoms with van der Waals surface area (Å²) in [5.41, 5.74) is 0.850. The van der Waals surface area contributed by atoms with Gasteiger partial charge in [-0.15, -0.1) is 0 Å². The Hall–Kier alpha value is -2.37. The third kappa shape index (κ3) is 2.41. The number of carbonyl (C=O) groups is 1. The number of halogens is 1. The molecule has 17 heavy (non-hydrogen) atoms. The Morgan fingerprint density at radius 1 is 1.53 bits per heavy atom. The van der Waals surface area contributed by atoms with Gasteiger partial charge >= 0.3 is 0 Å². The van der Waals surface area contributed by atoms with Crippen LogP contribution in [-0.4, -0.2) is 23.2 Å². The molecule has 0 aliphatic rings. The molecule has 1 aromatic carbocycles. The first kappa shape index (κ1) is 11.1. The smallest absolute Gasteiger partial charge is 0.258 e. The van der Waals surface area contributed by atoms with E-state index in [1.165, 1.54) is 37.7 Å². The summed E-state index contributed by atoms with van der Waals surface area (Å²) in [5.74, 6) is -0.726. The van der Waals surface area contributed by atoms with Gasteiger partial charge in [0.1, 0.15) is 0 Å². The number of hydrogen-bond acceptors (Lipinski definition) is 3. The molecule has 0 aliphatic heterocycles. The van der Waals surface area contributed by atoms with E-state index < -0.39 is 5.82 Å². The molecule has 0 bridgehead atoms. The van der Waals surface area contributed by atoms with Gasteiger partial charge in [0.15, 0.2) is 11.6 Å². The van der Waals surface area contributed by atoms with Crippen LogP contribution in [0.25, 0.3) is 0 Å². The predicted octanol–water partition coefficient (Wildman–Crippen LogP) is 1.81. The largest absolute Gasteiger partial charge is 0.494 e. The summed E-state index contributed by atoms with van der Waals surface area (Å²) >= 11 is 0. The van der Waals surface area contributed by atoms with Crippen molar-refractivity contribution in [3.05, 3.63) is 42.0 Å². The molecule has 0 atom stereocenters. The minimum atomic E-state index is -0.478. The Balaban J connectivity index is 2.16. The van der Waals surface area contributed by atoms with Crippen LogP contribution in [0, 0.1) is 5.82 Å². The van der Waals surface area contributed by atoms with Gasteiger partial charge < -0.3 is 10.1 Å². The number of methoxy groups -OCH3 is 1. The molecule has 0 aliphatic carbocycles. The third-order valence-corrected chi connectivity index (χ3v) is 2.17. The van der Waals surface area contributed by atoms with E-state index in [9.17, 15) is 9.18 Å². The fraction of sp³-hybridized carbons (Fsp3) is 0.0909. The van der Waals surface area contributed by atoms with Crippen molar-refractivity contribution in [3.63, 3.8) is 0 Å². The molecule has 2 rings (SSSR count). The number of aromatic nitrogens is 2. The Kier molecular flexibility index (Phi) is 3.04. The van der Waals surface area contributed by atoms with E-state index in [1.54, 1.807) is 0 Å². The molecule has 88 valence electrons. The zero-order valence-corrected chi connectivity index (χ0v) is 9.03. The second-order valence-electron chi connectivity index (χ2n) is 3.29. The number of benzene rings is 1. The number of nitrogens with one attached hydrogen (secondary N) is 2. The first-order valence-electron chi connectivity index (χ1n) is 4.84. The molecule has 0 fully saturated rings. The molecule has 2 N–H and O–H groups in total. The normalized spacial score (nSPS) is 10.0. The first-order chi connectivity index (χ1) is 8.20. The van der Waals surface area contributed by atoms with E-state index >= 15 is 0 Å². The number of aromatic amines is 1. The third-order valence-electron chi connectivity index (χ3n) is 2.17. The van der Waals surface area contributed by atoms with E-state index in [1.807, 2.05) is 0 Å². The van der Waals surface area contributed by atoms with Crippen LogP contribution in [0.15, 0.2) is 30.6 Å². The van der Waals surface area contributed by atoms with Crippen molar-refractivity contribution in [2.45, 2.75) is 0 Å². The highest BCUT2D eigenvalue weighted by Gasteiger charge is 2.09. The Bertz CT molecular complexity index is 526. The summed E-state index contributed by atoms with van der Waals surface area (Å²) < 4.78 is 17.9.